The molecule has 0 radical (unpaired) electrons. The zero-order valence-corrected chi connectivity index (χ0v) is 34.8. The van der Waals surface area contributed by atoms with Crippen LogP contribution >= 0.6 is 11.3 Å². The molecule has 0 saturated heterocycles. The maximum atomic E-state index is 4.38. The Morgan fingerprint density at radius 2 is 1.50 bits per heavy atom. The van der Waals surface area contributed by atoms with E-state index in [4.69, 9.17) is 0 Å². The molecule has 10 rings (SSSR count). The summed E-state index contributed by atoms with van der Waals surface area (Å²) in [6, 6.07) is 37.7. The second-order valence-corrected chi connectivity index (χ2v) is 15.6. The maximum Gasteiger partial charge on any atom is 0.0546 e. The van der Waals surface area contributed by atoms with Gasteiger partial charge in [-0.2, -0.15) is 0 Å². The van der Waals surface area contributed by atoms with Gasteiger partial charge in [-0.15, -0.1) is 11.3 Å². The van der Waals surface area contributed by atoms with Gasteiger partial charge in [0.05, 0.1) is 16.6 Å². The molecule has 286 valence electrons. The second-order valence-electron chi connectivity index (χ2n) is 14.5. The number of hydrogen-bond acceptors (Lipinski definition) is 2. The van der Waals surface area contributed by atoms with Gasteiger partial charge in [-0.25, -0.2) is 0 Å². The number of allylic oxidation sites excluding steroid dienone is 9. The van der Waals surface area contributed by atoms with Gasteiger partial charge >= 0.3 is 0 Å². The minimum atomic E-state index is 0.925. The van der Waals surface area contributed by atoms with Gasteiger partial charge < -0.3 is 9.47 Å². The number of fused-ring (bicyclic) bond motifs is 6. The minimum Gasteiger partial charge on any atom is -0.350 e. The third-order valence-electron chi connectivity index (χ3n) is 11.1. The molecule has 1 aliphatic heterocycles. The highest BCUT2D eigenvalue weighted by atomic mass is 32.1. The van der Waals surface area contributed by atoms with Crippen LogP contribution < -0.4 is 15.5 Å². The zero-order valence-electron chi connectivity index (χ0n) is 34.0. The van der Waals surface area contributed by atoms with Crippen molar-refractivity contribution in [2.45, 2.75) is 40.0 Å². The van der Waals surface area contributed by atoms with Crippen LogP contribution in [0.2, 0.25) is 0 Å². The van der Waals surface area contributed by atoms with E-state index < -0.39 is 0 Å². The van der Waals surface area contributed by atoms with E-state index in [-0.39, 0.29) is 0 Å². The van der Waals surface area contributed by atoms with E-state index >= 15 is 0 Å². The molecule has 3 heterocycles. The van der Waals surface area contributed by atoms with Crippen LogP contribution in [0.4, 0.5) is 5.69 Å². The van der Waals surface area contributed by atoms with Crippen LogP contribution in [0.3, 0.4) is 0 Å². The first kappa shape index (κ1) is 38.5. The lowest BCUT2D eigenvalue weighted by Crippen LogP contribution is -2.25. The Labute approximate surface area is 347 Å². The van der Waals surface area contributed by atoms with Crippen molar-refractivity contribution >= 4 is 83.7 Å². The molecule has 5 aromatic carbocycles. The highest BCUT2D eigenvalue weighted by Crippen LogP contribution is 2.41. The highest BCUT2D eigenvalue weighted by molar-refractivity contribution is 7.20. The Bertz CT molecular complexity index is 2990. The summed E-state index contributed by atoms with van der Waals surface area (Å²) in [7, 11) is 2.12. The molecule has 0 amide bonds. The summed E-state index contributed by atoms with van der Waals surface area (Å²) >= 11 is 1.81. The standard InChI is InChI=1S/C47H36N2S.C6H8.C2H6/c1-5-35(47-39-17-10-12-21-46(39)50-45(47)6-2)34-26-32-14-7-8-16-37(32)44(28-34)49-42-20-13-18-38(42)40-27-31(24-25-43(40)49)33-23-22-30(3)36-15-9-11-19-41(36)48(4)29-33;1-2-4-6-5-3-1;1-2/h5-12,14-29H,2-3,13H2,1,4H3;1-4H,5-6H2;1-2H3/b23-22-,33-29+,35-5-;;. The smallest absolute Gasteiger partial charge is 0.0546 e. The molecule has 7 aromatic rings. The molecule has 0 atom stereocenters. The second kappa shape index (κ2) is 17.0. The van der Waals surface area contributed by atoms with Crippen molar-refractivity contribution in [3.8, 4) is 5.69 Å². The molecule has 2 aromatic heterocycles. The van der Waals surface area contributed by atoms with Gasteiger partial charge in [-0.3, -0.25) is 0 Å². The van der Waals surface area contributed by atoms with E-state index in [1.165, 1.54) is 88.0 Å². The fourth-order valence-corrected chi connectivity index (χ4v) is 9.49. The third kappa shape index (κ3) is 7.08. The van der Waals surface area contributed by atoms with Crippen LogP contribution in [0.15, 0.2) is 165 Å². The number of thiophene rings is 1. The first-order chi connectivity index (χ1) is 28.5. The predicted octanol–water partition coefficient (Wildman–Crippen LogP) is 14.0. The zero-order chi connectivity index (χ0) is 40.2. The quantitative estimate of drug-likeness (QED) is 0.169. The van der Waals surface area contributed by atoms with Crippen molar-refractivity contribution < 1.29 is 0 Å². The Kier molecular flexibility index (Phi) is 11.3. The van der Waals surface area contributed by atoms with Crippen LogP contribution in [-0.2, 0) is 0 Å². The Morgan fingerprint density at radius 3 is 2.26 bits per heavy atom. The number of rotatable bonds is 5. The summed E-state index contributed by atoms with van der Waals surface area (Å²) < 4.78 is 3.77. The van der Waals surface area contributed by atoms with Crippen LogP contribution in [0.1, 0.15) is 67.2 Å². The number of para-hydroxylation sites is 1. The predicted molar refractivity (Wildman–Crippen MR) is 258 cm³/mol. The molecule has 58 heavy (non-hydrogen) atoms. The molecule has 0 unspecified atom stereocenters. The molecule has 3 heteroatoms. The lowest BCUT2D eigenvalue weighted by molar-refractivity contribution is 1.04. The van der Waals surface area contributed by atoms with Crippen molar-refractivity contribution in [2.75, 3.05) is 11.9 Å². The van der Waals surface area contributed by atoms with E-state index in [1.54, 1.807) is 0 Å². The Balaban J connectivity index is 0.000000533. The van der Waals surface area contributed by atoms with Gasteiger partial charge in [0.2, 0.25) is 0 Å². The summed E-state index contributed by atoms with van der Waals surface area (Å²) in [4.78, 5) is 3.41. The molecular weight excluding hydrogens is 721 g/mol. The van der Waals surface area contributed by atoms with Crippen molar-refractivity contribution in [3.05, 3.63) is 203 Å². The monoisotopic (exact) mass is 770 g/mol. The van der Waals surface area contributed by atoms with E-state index in [9.17, 15) is 0 Å². The van der Waals surface area contributed by atoms with Crippen molar-refractivity contribution in [3.63, 3.8) is 0 Å². The molecule has 0 bridgehead atoms. The lowest BCUT2D eigenvalue weighted by Gasteiger charge is -2.22. The summed E-state index contributed by atoms with van der Waals surface area (Å²) in [6.07, 6.45) is 27.5. The first-order valence-corrected chi connectivity index (χ1v) is 21.3. The number of anilines is 1. The summed E-state index contributed by atoms with van der Waals surface area (Å²) in [5, 5.41) is 7.56. The maximum absolute atomic E-state index is 4.38. The molecular formula is C55H50N2S. The van der Waals surface area contributed by atoms with Crippen LogP contribution in [0.5, 0.6) is 0 Å². The molecule has 2 aliphatic carbocycles. The van der Waals surface area contributed by atoms with E-state index in [0.717, 1.165) is 28.8 Å². The van der Waals surface area contributed by atoms with Crippen LogP contribution in [0.25, 0.3) is 72.4 Å². The fraction of sp³-hybridized carbons (Fsp3) is 0.127. The summed E-state index contributed by atoms with van der Waals surface area (Å²) in [5.41, 5.74) is 11.7. The number of hydrogen-bond donors (Lipinski definition) is 0. The van der Waals surface area contributed by atoms with Gasteiger partial charge in [-0.1, -0.05) is 154 Å². The fourth-order valence-electron chi connectivity index (χ4n) is 8.42. The van der Waals surface area contributed by atoms with Gasteiger partial charge in [0.1, 0.15) is 0 Å². The van der Waals surface area contributed by atoms with Crippen molar-refractivity contribution in [1.29, 1.82) is 0 Å². The molecule has 0 spiro atoms. The summed E-state index contributed by atoms with van der Waals surface area (Å²) in [5.74, 6) is 0. The average molecular weight is 771 g/mol. The Hall–Kier alpha value is -6.42. The Morgan fingerprint density at radius 1 is 0.759 bits per heavy atom. The van der Waals surface area contributed by atoms with Gasteiger partial charge in [0.15, 0.2) is 0 Å². The average Bonchev–Trinajstić information content (AvgIpc) is 3.99. The normalized spacial score (nSPS) is 15.8. The van der Waals surface area contributed by atoms with Crippen LogP contribution in [-0.4, -0.2) is 11.6 Å². The first-order valence-electron chi connectivity index (χ1n) is 20.5. The van der Waals surface area contributed by atoms with Gasteiger partial charge in [-0.05, 0) is 95.8 Å². The number of aromatic nitrogens is 1. The topological polar surface area (TPSA) is 8.17 Å². The van der Waals surface area contributed by atoms with E-state index in [0.29, 0.717) is 0 Å². The third-order valence-corrected chi connectivity index (χ3v) is 12.2. The molecule has 0 fully saturated rings. The SMILES string of the molecule is C1=CCCC=C1.C=Cc1sc2ccccc2c1/C(=C\C)c1cc(-n2c3c(c4cc(C5=C/N(C)c6ccccc6C(=C)/C=C\5)ccc42)=CCC=3)c2ccccc2c1.CC. The molecule has 0 saturated carbocycles. The highest BCUT2D eigenvalue weighted by Gasteiger charge is 2.20. The number of benzene rings is 5. The lowest BCUT2D eigenvalue weighted by atomic mass is 9.92. The van der Waals surface area contributed by atoms with Crippen molar-refractivity contribution in [2.24, 2.45) is 0 Å². The van der Waals surface area contributed by atoms with E-state index in [1.807, 2.05) is 31.3 Å². The molecule has 2 nitrogen and oxygen atoms in total. The molecule has 0 N–H and O–H groups in total. The largest absolute Gasteiger partial charge is 0.350 e. The van der Waals surface area contributed by atoms with Gasteiger partial charge in [0, 0.05) is 61.0 Å². The minimum absolute atomic E-state index is 0.925. The summed E-state index contributed by atoms with van der Waals surface area (Å²) in [6.45, 7) is 14.7. The van der Waals surface area contributed by atoms with Gasteiger partial charge in [0.25, 0.3) is 0 Å². The van der Waals surface area contributed by atoms with Crippen LogP contribution in [0, 0.1) is 0 Å². The molecule has 3 aliphatic rings. The van der Waals surface area contributed by atoms with E-state index in [2.05, 4.69) is 201 Å². The van der Waals surface area contributed by atoms with Crippen molar-refractivity contribution in [1.82, 2.24) is 4.57 Å². The number of nitrogens with zero attached hydrogens (tertiary/aromatic N) is 2.